The maximum atomic E-state index is 11.5. The van der Waals surface area contributed by atoms with Gasteiger partial charge in [0.2, 0.25) is 5.91 Å². The third-order valence-electron chi connectivity index (χ3n) is 2.42. The number of aryl methyl sites for hydroxylation is 1. The summed E-state index contributed by atoms with van der Waals surface area (Å²) in [4.78, 5) is 11.5. The van der Waals surface area contributed by atoms with Gasteiger partial charge in [0, 0.05) is 6.04 Å². The van der Waals surface area contributed by atoms with E-state index in [1.165, 1.54) is 0 Å². The highest BCUT2D eigenvalue weighted by Gasteiger charge is 2.17. The number of aromatic nitrogens is 2. The predicted molar refractivity (Wildman–Crippen MR) is 66.0 cm³/mol. The molecule has 90 valence electrons. The van der Waals surface area contributed by atoms with Crippen LogP contribution < -0.4 is 5.32 Å². The van der Waals surface area contributed by atoms with Crippen LogP contribution >= 0.6 is 11.6 Å². The van der Waals surface area contributed by atoms with Gasteiger partial charge in [0.25, 0.3) is 0 Å². The molecule has 4 nitrogen and oxygen atoms in total. The number of carbonyl (C=O) groups is 1. The van der Waals surface area contributed by atoms with Crippen molar-refractivity contribution in [1.82, 2.24) is 9.78 Å². The molecule has 5 heteroatoms. The molecule has 0 aliphatic rings. The molecule has 16 heavy (non-hydrogen) atoms. The molecule has 0 spiro atoms. The number of carbonyl (C=O) groups excluding carboxylic acids is 1. The molecule has 1 rings (SSSR count). The van der Waals surface area contributed by atoms with Crippen molar-refractivity contribution in [2.45, 2.75) is 46.0 Å². The molecule has 0 radical (unpaired) electrons. The molecule has 1 aromatic heterocycles. The van der Waals surface area contributed by atoms with Crippen molar-refractivity contribution in [1.29, 1.82) is 0 Å². The molecule has 0 saturated heterocycles. The van der Waals surface area contributed by atoms with E-state index >= 15 is 0 Å². The second-order valence-electron chi connectivity index (χ2n) is 4.19. The van der Waals surface area contributed by atoms with E-state index in [0.29, 0.717) is 0 Å². The number of hydrogen-bond donors (Lipinski definition) is 1. The van der Waals surface area contributed by atoms with E-state index in [1.807, 2.05) is 18.5 Å². The summed E-state index contributed by atoms with van der Waals surface area (Å²) in [6, 6.07) is 0.276. The number of alkyl halides is 1. The van der Waals surface area contributed by atoms with E-state index in [9.17, 15) is 4.79 Å². The van der Waals surface area contributed by atoms with Gasteiger partial charge in [-0.2, -0.15) is 5.10 Å². The van der Waals surface area contributed by atoms with Gasteiger partial charge >= 0.3 is 0 Å². The molecule has 1 N–H and O–H groups in total. The summed E-state index contributed by atoms with van der Waals surface area (Å²) in [5.74, 6) is -0.198. The van der Waals surface area contributed by atoms with E-state index in [-0.39, 0.29) is 11.9 Å². The first-order valence-corrected chi connectivity index (χ1v) is 5.78. The number of rotatable bonds is 3. The van der Waals surface area contributed by atoms with Crippen molar-refractivity contribution >= 4 is 23.2 Å². The Morgan fingerprint density at radius 1 is 1.38 bits per heavy atom. The second kappa shape index (κ2) is 4.87. The van der Waals surface area contributed by atoms with Crippen LogP contribution in [0, 0.1) is 13.8 Å². The van der Waals surface area contributed by atoms with Crippen LogP contribution in [-0.2, 0) is 4.79 Å². The lowest BCUT2D eigenvalue weighted by Gasteiger charge is -2.09. The molecule has 1 unspecified atom stereocenters. The zero-order valence-corrected chi connectivity index (χ0v) is 11.1. The molecule has 0 aromatic carbocycles. The Bertz CT molecular complexity index is 396. The molecular weight excluding hydrogens is 226 g/mol. The molecule has 0 aliphatic heterocycles. The first-order chi connectivity index (χ1) is 7.34. The Kier molecular flexibility index (Phi) is 3.97. The van der Waals surface area contributed by atoms with Gasteiger partial charge in [-0.15, -0.1) is 11.6 Å². The van der Waals surface area contributed by atoms with Gasteiger partial charge in [-0.3, -0.25) is 9.48 Å². The Morgan fingerprint density at radius 3 is 2.31 bits per heavy atom. The molecular formula is C11H18ClN3O. The second-order valence-corrected chi connectivity index (χ2v) is 4.84. The van der Waals surface area contributed by atoms with Gasteiger partial charge in [-0.1, -0.05) is 0 Å². The molecule has 0 aliphatic carbocycles. The summed E-state index contributed by atoms with van der Waals surface area (Å²) in [6.07, 6.45) is 0. The fourth-order valence-electron chi connectivity index (χ4n) is 1.57. The summed E-state index contributed by atoms with van der Waals surface area (Å²) in [5.41, 5.74) is 2.54. The number of nitrogens with one attached hydrogen (secondary N) is 1. The lowest BCUT2D eigenvalue weighted by atomic mass is 10.3. The van der Waals surface area contributed by atoms with Crippen LogP contribution in [0.4, 0.5) is 5.69 Å². The van der Waals surface area contributed by atoms with Gasteiger partial charge in [-0.05, 0) is 34.6 Å². The zero-order chi connectivity index (χ0) is 12.5. The highest BCUT2D eigenvalue weighted by Crippen LogP contribution is 2.22. The Balaban J connectivity index is 3.01. The van der Waals surface area contributed by atoms with Crippen LogP contribution in [-0.4, -0.2) is 21.1 Å². The average Bonchev–Trinajstić information content (AvgIpc) is 2.45. The van der Waals surface area contributed by atoms with Crippen LogP contribution in [0.3, 0.4) is 0 Å². The fourth-order valence-corrected chi connectivity index (χ4v) is 1.62. The van der Waals surface area contributed by atoms with Crippen molar-refractivity contribution in [3.05, 3.63) is 11.4 Å². The number of hydrogen-bond acceptors (Lipinski definition) is 2. The van der Waals surface area contributed by atoms with Crippen LogP contribution in [0.1, 0.15) is 38.2 Å². The Hall–Kier alpha value is -1.03. The highest BCUT2D eigenvalue weighted by molar-refractivity contribution is 6.32. The van der Waals surface area contributed by atoms with Crippen molar-refractivity contribution in [2.75, 3.05) is 5.32 Å². The molecule has 1 aromatic rings. The molecule has 0 bridgehead atoms. The van der Waals surface area contributed by atoms with Gasteiger partial charge in [0.05, 0.1) is 17.1 Å². The van der Waals surface area contributed by atoms with E-state index in [2.05, 4.69) is 24.3 Å². The summed E-state index contributed by atoms with van der Waals surface area (Å²) in [5, 5.41) is 6.64. The lowest BCUT2D eigenvalue weighted by Crippen LogP contribution is -2.21. The van der Waals surface area contributed by atoms with Crippen molar-refractivity contribution in [3.63, 3.8) is 0 Å². The highest BCUT2D eigenvalue weighted by atomic mass is 35.5. The van der Waals surface area contributed by atoms with E-state index < -0.39 is 5.38 Å². The van der Waals surface area contributed by atoms with Gasteiger partial charge in [0.15, 0.2) is 0 Å². The largest absolute Gasteiger partial charge is 0.322 e. The van der Waals surface area contributed by atoms with Crippen molar-refractivity contribution in [3.8, 4) is 0 Å². The van der Waals surface area contributed by atoms with Crippen LogP contribution in [0.2, 0.25) is 0 Å². The molecule has 1 amide bonds. The van der Waals surface area contributed by atoms with Crippen LogP contribution in [0.15, 0.2) is 0 Å². The summed E-state index contributed by atoms with van der Waals surface area (Å²) in [6.45, 7) is 9.56. The smallest absolute Gasteiger partial charge is 0.242 e. The normalized spacial score (nSPS) is 12.9. The quantitative estimate of drug-likeness (QED) is 0.830. The third kappa shape index (κ3) is 2.55. The number of nitrogens with zero attached hydrogens (tertiary/aromatic N) is 2. The topological polar surface area (TPSA) is 46.9 Å². The summed E-state index contributed by atoms with van der Waals surface area (Å²) >= 11 is 5.71. The average molecular weight is 244 g/mol. The van der Waals surface area contributed by atoms with Crippen molar-refractivity contribution < 1.29 is 4.79 Å². The molecule has 1 atom stereocenters. The Labute approximate surface area is 101 Å². The first-order valence-electron chi connectivity index (χ1n) is 5.35. The summed E-state index contributed by atoms with van der Waals surface area (Å²) < 4.78 is 1.89. The number of halogens is 1. The number of anilines is 1. The molecule has 0 saturated carbocycles. The minimum Gasteiger partial charge on any atom is -0.322 e. The van der Waals surface area contributed by atoms with E-state index in [4.69, 9.17) is 11.6 Å². The molecule has 0 fully saturated rings. The lowest BCUT2D eigenvalue weighted by molar-refractivity contribution is -0.115. The monoisotopic (exact) mass is 243 g/mol. The third-order valence-corrected chi connectivity index (χ3v) is 2.62. The minimum absolute atomic E-state index is 0.198. The SMILES string of the molecule is Cc1nn(C(C)C)c(C)c1NC(=O)C(C)Cl. The number of amides is 1. The standard InChI is InChI=1S/C11H18ClN3O/c1-6(2)15-9(5)10(8(4)14-15)13-11(16)7(3)12/h6-7H,1-5H3,(H,13,16). The van der Waals surface area contributed by atoms with E-state index in [0.717, 1.165) is 17.1 Å². The van der Waals surface area contributed by atoms with Crippen molar-refractivity contribution in [2.24, 2.45) is 0 Å². The maximum absolute atomic E-state index is 11.5. The predicted octanol–water partition coefficient (Wildman–Crippen LogP) is 2.65. The summed E-state index contributed by atoms with van der Waals surface area (Å²) in [7, 11) is 0. The first kappa shape index (κ1) is 13.0. The maximum Gasteiger partial charge on any atom is 0.242 e. The Morgan fingerprint density at radius 2 is 1.94 bits per heavy atom. The fraction of sp³-hybridized carbons (Fsp3) is 0.636. The van der Waals surface area contributed by atoms with Gasteiger partial charge in [0.1, 0.15) is 5.38 Å². The zero-order valence-electron chi connectivity index (χ0n) is 10.3. The molecule has 1 heterocycles. The van der Waals surface area contributed by atoms with Crippen LogP contribution in [0.25, 0.3) is 0 Å². The minimum atomic E-state index is -0.541. The van der Waals surface area contributed by atoms with Crippen LogP contribution in [0.5, 0.6) is 0 Å². The van der Waals surface area contributed by atoms with Gasteiger partial charge < -0.3 is 5.32 Å². The van der Waals surface area contributed by atoms with E-state index in [1.54, 1.807) is 6.92 Å². The van der Waals surface area contributed by atoms with Gasteiger partial charge in [-0.25, -0.2) is 0 Å².